The van der Waals surface area contributed by atoms with E-state index in [4.69, 9.17) is 16.3 Å². The van der Waals surface area contributed by atoms with Gasteiger partial charge in [0, 0.05) is 11.1 Å². The Labute approximate surface area is 120 Å². The Morgan fingerprint density at radius 1 is 1.20 bits per heavy atom. The highest BCUT2D eigenvalue weighted by atomic mass is 35.5. The number of hydrogen-bond acceptors (Lipinski definition) is 3. The minimum Gasteiger partial charge on any atom is -0.482 e. The number of hydrogen-bond donors (Lipinski definition) is 1. The largest absolute Gasteiger partial charge is 0.482 e. The summed E-state index contributed by atoms with van der Waals surface area (Å²) in [7, 11) is 0. The number of carbonyl (C=O) groups excluding carboxylic acids is 2. The van der Waals surface area contributed by atoms with Crippen molar-refractivity contribution in [2.45, 2.75) is 0 Å². The van der Waals surface area contributed by atoms with Gasteiger partial charge in [-0.25, -0.2) is 0 Å². The smallest absolute Gasteiger partial charge is 0.262 e. The van der Waals surface area contributed by atoms with E-state index >= 15 is 0 Å². The van der Waals surface area contributed by atoms with Crippen LogP contribution in [0.5, 0.6) is 5.75 Å². The predicted octanol–water partition coefficient (Wildman–Crippen LogP) is 2.90. The van der Waals surface area contributed by atoms with Crippen LogP contribution in [0.2, 0.25) is 5.02 Å². The Morgan fingerprint density at radius 2 is 2.00 bits per heavy atom. The maximum absolute atomic E-state index is 12.4. The zero-order valence-electron chi connectivity index (χ0n) is 10.4. The second-order valence-electron chi connectivity index (χ2n) is 4.36. The number of amides is 1. The number of rotatable bonds is 2. The SMILES string of the molecule is O=C1COc2ccc(C(=O)c3ccccc3Cl)cc2N1. The van der Waals surface area contributed by atoms with Crippen molar-refractivity contribution in [1.82, 2.24) is 0 Å². The predicted molar refractivity (Wildman–Crippen MR) is 75.5 cm³/mol. The molecule has 0 atom stereocenters. The Morgan fingerprint density at radius 3 is 2.80 bits per heavy atom. The van der Waals surface area contributed by atoms with Gasteiger partial charge in [0.15, 0.2) is 12.4 Å². The topological polar surface area (TPSA) is 55.4 Å². The molecule has 0 saturated heterocycles. The number of fused-ring (bicyclic) bond motifs is 1. The first kappa shape index (κ1) is 12.7. The lowest BCUT2D eigenvalue weighted by atomic mass is 10.0. The van der Waals surface area contributed by atoms with Crippen molar-refractivity contribution < 1.29 is 14.3 Å². The maximum Gasteiger partial charge on any atom is 0.262 e. The first-order valence-corrected chi connectivity index (χ1v) is 6.39. The summed E-state index contributed by atoms with van der Waals surface area (Å²) < 4.78 is 5.25. The van der Waals surface area contributed by atoms with Gasteiger partial charge < -0.3 is 10.1 Å². The lowest BCUT2D eigenvalue weighted by Crippen LogP contribution is -2.25. The molecule has 1 aliphatic rings. The molecule has 0 saturated carbocycles. The summed E-state index contributed by atoms with van der Waals surface area (Å²) >= 11 is 6.02. The fourth-order valence-electron chi connectivity index (χ4n) is 2.03. The zero-order valence-corrected chi connectivity index (χ0v) is 11.1. The average Bonchev–Trinajstić information content (AvgIpc) is 2.46. The Hall–Kier alpha value is -2.33. The highest BCUT2D eigenvalue weighted by molar-refractivity contribution is 6.35. The summed E-state index contributed by atoms with van der Waals surface area (Å²) in [6, 6.07) is 11.8. The molecule has 0 unspecified atom stereocenters. The minimum atomic E-state index is -0.236. The molecule has 100 valence electrons. The van der Waals surface area contributed by atoms with Crippen molar-refractivity contribution in [3.63, 3.8) is 0 Å². The van der Waals surface area contributed by atoms with Crippen LogP contribution in [0.1, 0.15) is 15.9 Å². The van der Waals surface area contributed by atoms with Crippen molar-refractivity contribution in [3.05, 3.63) is 58.6 Å². The van der Waals surface area contributed by atoms with Crippen LogP contribution in [-0.4, -0.2) is 18.3 Å². The molecule has 0 bridgehead atoms. The summed E-state index contributed by atoms with van der Waals surface area (Å²) in [5, 5.41) is 3.07. The molecule has 0 spiro atoms. The first-order chi connectivity index (χ1) is 9.65. The number of ketones is 1. The molecule has 1 heterocycles. The third-order valence-corrected chi connectivity index (χ3v) is 3.32. The summed E-state index contributed by atoms with van der Waals surface area (Å²) in [6.45, 7) is -0.00912. The number of anilines is 1. The van der Waals surface area contributed by atoms with Gasteiger partial charge in [0.2, 0.25) is 0 Å². The molecular weight excluding hydrogens is 278 g/mol. The van der Waals surface area contributed by atoms with Gasteiger partial charge in [-0.1, -0.05) is 23.7 Å². The molecule has 1 N–H and O–H groups in total. The molecule has 20 heavy (non-hydrogen) atoms. The van der Waals surface area contributed by atoms with Gasteiger partial charge in [-0.3, -0.25) is 9.59 Å². The number of halogens is 1. The molecule has 0 aromatic heterocycles. The molecule has 2 aromatic rings. The summed E-state index contributed by atoms with van der Waals surface area (Å²) in [4.78, 5) is 23.7. The van der Waals surface area contributed by atoms with Crippen LogP contribution >= 0.6 is 11.6 Å². The highest BCUT2D eigenvalue weighted by Gasteiger charge is 2.19. The summed E-state index contributed by atoms with van der Waals surface area (Å²) in [5.41, 5.74) is 1.37. The molecule has 2 aromatic carbocycles. The van der Waals surface area contributed by atoms with Gasteiger partial charge in [-0.05, 0) is 30.3 Å². The van der Waals surface area contributed by atoms with E-state index < -0.39 is 0 Å². The first-order valence-electron chi connectivity index (χ1n) is 6.01. The summed E-state index contributed by atoms with van der Waals surface area (Å²) in [5.74, 6) is 0.123. The van der Waals surface area contributed by atoms with Crippen molar-refractivity contribution in [2.75, 3.05) is 11.9 Å². The molecule has 4 nitrogen and oxygen atoms in total. The fraction of sp³-hybridized carbons (Fsp3) is 0.0667. The van der Waals surface area contributed by atoms with Crippen molar-refractivity contribution >= 4 is 29.0 Å². The van der Waals surface area contributed by atoms with E-state index in [1.807, 2.05) is 0 Å². The van der Waals surface area contributed by atoms with Crippen LogP contribution in [0, 0.1) is 0 Å². The highest BCUT2D eigenvalue weighted by Crippen LogP contribution is 2.30. The van der Waals surface area contributed by atoms with Crippen molar-refractivity contribution in [1.29, 1.82) is 0 Å². The summed E-state index contributed by atoms with van der Waals surface area (Å²) in [6.07, 6.45) is 0. The molecule has 1 aliphatic heterocycles. The van der Waals surface area contributed by atoms with Crippen LogP contribution in [0.15, 0.2) is 42.5 Å². The number of nitrogens with one attached hydrogen (secondary N) is 1. The van der Waals surface area contributed by atoms with Gasteiger partial charge >= 0.3 is 0 Å². The Kier molecular flexibility index (Phi) is 3.16. The lowest BCUT2D eigenvalue weighted by Gasteiger charge is -2.18. The third kappa shape index (κ3) is 2.26. The van der Waals surface area contributed by atoms with E-state index in [-0.39, 0.29) is 18.3 Å². The normalized spacial score (nSPS) is 13.2. The monoisotopic (exact) mass is 287 g/mol. The third-order valence-electron chi connectivity index (χ3n) is 2.99. The van der Waals surface area contributed by atoms with Gasteiger partial charge in [0.25, 0.3) is 5.91 Å². The Bertz CT molecular complexity index is 712. The maximum atomic E-state index is 12.4. The van der Waals surface area contributed by atoms with Gasteiger partial charge in [-0.15, -0.1) is 0 Å². The molecule has 1 amide bonds. The van der Waals surface area contributed by atoms with Gasteiger partial charge in [-0.2, -0.15) is 0 Å². The quantitative estimate of drug-likeness (QED) is 0.864. The van der Waals surface area contributed by atoms with E-state index in [0.29, 0.717) is 27.6 Å². The van der Waals surface area contributed by atoms with E-state index in [1.54, 1.807) is 42.5 Å². The standard InChI is InChI=1S/C15H10ClNO3/c16-11-4-2-1-3-10(11)15(19)9-5-6-13-12(7-9)17-14(18)8-20-13/h1-7H,8H2,(H,17,18). The molecule has 0 fully saturated rings. The zero-order chi connectivity index (χ0) is 14.1. The number of carbonyl (C=O) groups is 2. The Balaban J connectivity index is 1.99. The van der Waals surface area contributed by atoms with Crippen molar-refractivity contribution in [3.8, 4) is 5.75 Å². The van der Waals surface area contributed by atoms with Crippen LogP contribution in [0.3, 0.4) is 0 Å². The molecule has 0 radical (unpaired) electrons. The molecule has 0 aliphatic carbocycles. The van der Waals surface area contributed by atoms with Crippen LogP contribution in [0.4, 0.5) is 5.69 Å². The van der Waals surface area contributed by atoms with E-state index in [2.05, 4.69) is 5.32 Å². The van der Waals surface area contributed by atoms with Crippen molar-refractivity contribution in [2.24, 2.45) is 0 Å². The van der Waals surface area contributed by atoms with Gasteiger partial charge in [0.1, 0.15) is 5.75 Å². The van der Waals surface area contributed by atoms with Crippen LogP contribution in [0.25, 0.3) is 0 Å². The minimum absolute atomic E-state index is 0.00912. The molecule has 3 rings (SSSR count). The van der Waals surface area contributed by atoms with Crippen LogP contribution in [-0.2, 0) is 4.79 Å². The van der Waals surface area contributed by atoms with Crippen LogP contribution < -0.4 is 10.1 Å². The van der Waals surface area contributed by atoms with E-state index in [9.17, 15) is 9.59 Å². The average molecular weight is 288 g/mol. The van der Waals surface area contributed by atoms with E-state index in [0.717, 1.165) is 0 Å². The lowest BCUT2D eigenvalue weighted by molar-refractivity contribution is -0.118. The second kappa shape index (κ2) is 4.98. The van der Waals surface area contributed by atoms with Gasteiger partial charge in [0.05, 0.1) is 10.7 Å². The second-order valence-corrected chi connectivity index (χ2v) is 4.76. The molecule has 5 heteroatoms. The number of ether oxygens (including phenoxy) is 1. The fourth-order valence-corrected chi connectivity index (χ4v) is 2.25. The number of benzene rings is 2. The molecular formula is C15H10ClNO3. The van der Waals surface area contributed by atoms with E-state index in [1.165, 1.54) is 0 Å².